The third-order valence-corrected chi connectivity index (χ3v) is 8.09. The van der Waals surface area contributed by atoms with E-state index in [1.165, 1.54) is 6.92 Å². The fraction of sp³-hybridized carbons (Fsp3) is 0.235. The normalized spacial score (nSPS) is 10.8. The van der Waals surface area contributed by atoms with Crippen molar-refractivity contribution in [3.8, 4) is 11.8 Å². The highest BCUT2D eigenvalue weighted by Gasteiger charge is 2.18. The Morgan fingerprint density at radius 1 is 0.938 bits per heavy atom. The molecule has 0 spiro atoms. The van der Waals surface area contributed by atoms with Gasteiger partial charge in [-0.3, -0.25) is 23.9 Å². The molecule has 0 radical (unpaired) electrons. The molecular formula is C34H33Cl2N7O5. The fourth-order valence-corrected chi connectivity index (χ4v) is 5.40. The summed E-state index contributed by atoms with van der Waals surface area (Å²) < 4.78 is 13.6. The molecule has 0 saturated carbocycles. The van der Waals surface area contributed by atoms with Crippen molar-refractivity contribution in [2.75, 3.05) is 19.0 Å². The molecule has 12 nitrogen and oxygen atoms in total. The molecule has 0 aliphatic rings. The van der Waals surface area contributed by atoms with Gasteiger partial charge in [0, 0.05) is 42.9 Å². The lowest BCUT2D eigenvalue weighted by Crippen LogP contribution is -2.36. The monoisotopic (exact) mass is 689 g/mol. The molecule has 5 rings (SSSR count). The van der Waals surface area contributed by atoms with Gasteiger partial charge in [0.15, 0.2) is 0 Å². The zero-order valence-electron chi connectivity index (χ0n) is 26.3. The number of imidazole rings is 1. The van der Waals surface area contributed by atoms with Gasteiger partial charge in [0.1, 0.15) is 23.7 Å². The molecule has 0 saturated heterocycles. The van der Waals surface area contributed by atoms with Crippen LogP contribution >= 0.6 is 23.2 Å². The summed E-state index contributed by atoms with van der Waals surface area (Å²) in [5.74, 6) is 0.0798. The van der Waals surface area contributed by atoms with Crippen molar-refractivity contribution in [3.63, 3.8) is 0 Å². The van der Waals surface area contributed by atoms with E-state index in [4.69, 9.17) is 32.7 Å². The van der Waals surface area contributed by atoms with Crippen LogP contribution in [0.1, 0.15) is 35.7 Å². The molecule has 3 amide bonds. The number of nitrogens with zero attached hydrogens (tertiary/aromatic N) is 4. The molecule has 0 unspecified atom stereocenters. The molecule has 3 aromatic heterocycles. The quantitative estimate of drug-likeness (QED) is 0.146. The van der Waals surface area contributed by atoms with E-state index in [1.54, 1.807) is 49.8 Å². The van der Waals surface area contributed by atoms with Gasteiger partial charge in [0.05, 0.1) is 36.4 Å². The molecule has 0 bridgehead atoms. The number of benzene rings is 2. The average Bonchev–Trinajstić information content (AvgIpc) is 3.44. The maximum Gasteiger partial charge on any atom is 0.297 e. The summed E-state index contributed by atoms with van der Waals surface area (Å²) >= 11 is 13.2. The van der Waals surface area contributed by atoms with Gasteiger partial charge in [0.2, 0.25) is 17.7 Å². The Bertz CT molecular complexity index is 1920. The number of carbonyl (C=O) groups is 3. The molecule has 3 heterocycles. The van der Waals surface area contributed by atoms with Gasteiger partial charge in [-0.15, -0.1) is 0 Å². The summed E-state index contributed by atoms with van der Waals surface area (Å²) in [6.07, 6.45) is 3.93. The van der Waals surface area contributed by atoms with Crippen LogP contribution in [0.4, 0.5) is 5.82 Å². The standard InChI is InChI=1S/C34H33Cl2N7O5/c1-21(44)41-29-13-9-22(16-38-29)10-14-30(45)40-18-31(46)39-17-23-11-12-26(35)25(32(23)36)20-48-28-8-5-7-27-33(28)42-34(47-2)43(27)19-24-6-3-4-15-37-24/h3-9,11-13,15-16H,10,14,17-20H2,1-2H3,(H,39,46)(H,40,45)(H,38,41,44). The SMILES string of the molecule is COc1nc2c(OCc3c(Cl)ccc(CNC(=O)CNC(=O)CCc4ccc(NC(C)=O)nc4)c3Cl)cccc2n1Cc1ccccn1. The number of amides is 3. The van der Waals surface area contributed by atoms with Crippen molar-refractivity contribution in [1.82, 2.24) is 30.2 Å². The number of halogens is 2. The first-order valence-electron chi connectivity index (χ1n) is 15.0. The number of methoxy groups -OCH3 is 1. The van der Waals surface area contributed by atoms with E-state index in [2.05, 4.69) is 30.9 Å². The summed E-state index contributed by atoms with van der Waals surface area (Å²) in [7, 11) is 1.56. The number of hydrogen-bond acceptors (Lipinski definition) is 8. The van der Waals surface area contributed by atoms with Crippen molar-refractivity contribution in [2.24, 2.45) is 0 Å². The van der Waals surface area contributed by atoms with E-state index in [0.717, 1.165) is 16.8 Å². The zero-order chi connectivity index (χ0) is 34.0. The van der Waals surface area contributed by atoms with Gasteiger partial charge in [-0.25, -0.2) is 4.98 Å². The second-order valence-electron chi connectivity index (χ2n) is 10.7. The van der Waals surface area contributed by atoms with E-state index in [-0.39, 0.29) is 43.8 Å². The Morgan fingerprint density at radius 3 is 2.52 bits per heavy atom. The Balaban J connectivity index is 1.15. The van der Waals surface area contributed by atoms with Crippen LogP contribution in [0.3, 0.4) is 0 Å². The van der Waals surface area contributed by atoms with E-state index in [9.17, 15) is 14.4 Å². The van der Waals surface area contributed by atoms with Crippen LogP contribution in [0.15, 0.2) is 73.1 Å². The Morgan fingerprint density at radius 2 is 1.79 bits per heavy atom. The highest BCUT2D eigenvalue weighted by atomic mass is 35.5. The number of aromatic nitrogens is 4. The van der Waals surface area contributed by atoms with Crippen molar-refractivity contribution in [2.45, 2.75) is 39.5 Å². The predicted octanol–water partition coefficient (Wildman–Crippen LogP) is 5.09. The largest absolute Gasteiger partial charge is 0.486 e. The fourth-order valence-electron chi connectivity index (χ4n) is 4.85. The van der Waals surface area contributed by atoms with Gasteiger partial charge in [-0.2, -0.15) is 4.98 Å². The number of aryl methyl sites for hydroxylation is 1. The minimum absolute atomic E-state index is 0.0511. The molecule has 2 aromatic carbocycles. The average molecular weight is 691 g/mol. The second-order valence-corrected chi connectivity index (χ2v) is 11.5. The predicted molar refractivity (Wildman–Crippen MR) is 182 cm³/mol. The van der Waals surface area contributed by atoms with Gasteiger partial charge in [-0.05, 0) is 53.9 Å². The molecule has 3 N–H and O–H groups in total. The third-order valence-electron chi connectivity index (χ3n) is 7.27. The van der Waals surface area contributed by atoms with Crippen molar-refractivity contribution < 1.29 is 23.9 Å². The second kappa shape index (κ2) is 16.1. The number of ether oxygens (including phenoxy) is 2. The van der Waals surface area contributed by atoms with Crippen molar-refractivity contribution in [1.29, 1.82) is 0 Å². The first kappa shape index (κ1) is 34.1. The summed E-state index contributed by atoms with van der Waals surface area (Å²) in [5.41, 5.74) is 4.29. The molecule has 14 heteroatoms. The van der Waals surface area contributed by atoms with Gasteiger partial charge in [-0.1, -0.05) is 47.5 Å². The molecule has 0 atom stereocenters. The number of rotatable bonds is 14. The summed E-state index contributed by atoms with van der Waals surface area (Å²) in [4.78, 5) is 49.1. The Kier molecular flexibility index (Phi) is 11.4. The molecular weight excluding hydrogens is 657 g/mol. The lowest BCUT2D eigenvalue weighted by atomic mass is 10.1. The lowest BCUT2D eigenvalue weighted by molar-refractivity contribution is -0.126. The van der Waals surface area contributed by atoms with Gasteiger partial charge >= 0.3 is 0 Å². The van der Waals surface area contributed by atoms with Crippen LogP contribution in [0.2, 0.25) is 10.0 Å². The number of fused-ring (bicyclic) bond motifs is 1. The van der Waals surface area contributed by atoms with Crippen LogP contribution in [-0.4, -0.2) is 50.9 Å². The smallest absolute Gasteiger partial charge is 0.297 e. The summed E-state index contributed by atoms with van der Waals surface area (Å²) in [5, 5.41) is 8.74. The summed E-state index contributed by atoms with van der Waals surface area (Å²) in [6, 6.07) is 18.6. The van der Waals surface area contributed by atoms with Crippen molar-refractivity contribution in [3.05, 3.63) is 105 Å². The minimum atomic E-state index is -0.379. The van der Waals surface area contributed by atoms with Gasteiger partial charge in [0.25, 0.3) is 6.01 Å². The molecule has 0 aliphatic carbocycles. The number of hydrogen-bond donors (Lipinski definition) is 3. The van der Waals surface area contributed by atoms with Crippen LogP contribution < -0.4 is 25.4 Å². The van der Waals surface area contributed by atoms with E-state index in [1.807, 2.05) is 34.9 Å². The van der Waals surface area contributed by atoms with E-state index < -0.39 is 0 Å². The van der Waals surface area contributed by atoms with Crippen LogP contribution in [0.5, 0.6) is 11.8 Å². The minimum Gasteiger partial charge on any atom is -0.486 e. The Labute approximate surface area is 286 Å². The molecule has 0 fully saturated rings. The summed E-state index contributed by atoms with van der Waals surface area (Å²) in [6.45, 7) is 1.84. The maximum atomic E-state index is 12.5. The Hall–Kier alpha value is -5.20. The van der Waals surface area contributed by atoms with Crippen molar-refractivity contribution >= 4 is 57.8 Å². The van der Waals surface area contributed by atoms with E-state index >= 15 is 0 Å². The highest BCUT2D eigenvalue weighted by molar-refractivity contribution is 6.36. The van der Waals surface area contributed by atoms with Gasteiger partial charge < -0.3 is 25.4 Å². The topological polar surface area (TPSA) is 149 Å². The van der Waals surface area contributed by atoms with Crippen LogP contribution in [-0.2, 0) is 40.5 Å². The number of anilines is 1. The first-order chi connectivity index (χ1) is 23.2. The lowest BCUT2D eigenvalue weighted by Gasteiger charge is -2.14. The molecule has 248 valence electrons. The molecule has 5 aromatic rings. The number of para-hydroxylation sites is 1. The van der Waals surface area contributed by atoms with Crippen LogP contribution in [0.25, 0.3) is 11.0 Å². The number of pyridine rings is 2. The highest BCUT2D eigenvalue weighted by Crippen LogP contribution is 2.33. The van der Waals surface area contributed by atoms with E-state index in [0.29, 0.717) is 57.2 Å². The third kappa shape index (κ3) is 8.78. The first-order valence-corrected chi connectivity index (χ1v) is 15.7. The molecule has 48 heavy (non-hydrogen) atoms. The maximum absolute atomic E-state index is 12.5. The van der Waals surface area contributed by atoms with Crippen LogP contribution in [0, 0.1) is 0 Å². The molecule has 0 aliphatic heterocycles. The zero-order valence-corrected chi connectivity index (χ0v) is 27.8. The number of nitrogens with one attached hydrogen (secondary N) is 3. The number of carbonyl (C=O) groups excluding carboxylic acids is 3.